The van der Waals surface area contributed by atoms with E-state index in [4.69, 9.17) is 17.3 Å². The summed E-state index contributed by atoms with van der Waals surface area (Å²) in [5.41, 5.74) is 7.11. The van der Waals surface area contributed by atoms with Crippen LogP contribution in [0, 0.1) is 0 Å². The molecule has 6 heteroatoms. The Morgan fingerprint density at radius 3 is 2.93 bits per heavy atom. The lowest BCUT2D eigenvalue weighted by Crippen LogP contribution is -2.11. The highest BCUT2D eigenvalue weighted by molar-refractivity contribution is 7.11. The zero-order valence-corrected chi connectivity index (χ0v) is 10.5. The van der Waals surface area contributed by atoms with Gasteiger partial charge in [0.1, 0.15) is 0 Å². The first-order valence-electron chi connectivity index (χ1n) is 4.53. The van der Waals surface area contributed by atoms with E-state index in [9.17, 15) is 0 Å². The van der Waals surface area contributed by atoms with E-state index in [1.54, 1.807) is 11.3 Å². The minimum Gasteiger partial charge on any atom is -0.319 e. The van der Waals surface area contributed by atoms with Gasteiger partial charge < -0.3 is 5.73 Å². The molecule has 0 saturated carbocycles. The van der Waals surface area contributed by atoms with Crippen LogP contribution in [0.25, 0.3) is 0 Å². The standard InChI is InChI=1S/C9H10ClN3S2/c1-2-6-9(15-13-12-6)7(11)8-5(10)3-4-14-8/h3-4,7H,2,11H2,1H3. The summed E-state index contributed by atoms with van der Waals surface area (Å²) in [6.07, 6.45) is 0.850. The Morgan fingerprint density at radius 2 is 2.33 bits per heavy atom. The molecule has 0 amide bonds. The van der Waals surface area contributed by atoms with Gasteiger partial charge in [0.25, 0.3) is 0 Å². The Hall–Kier alpha value is -0.490. The second-order valence-electron chi connectivity index (χ2n) is 3.05. The molecule has 0 aliphatic heterocycles. The van der Waals surface area contributed by atoms with E-state index in [1.807, 2.05) is 18.4 Å². The summed E-state index contributed by atoms with van der Waals surface area (Å²) >= 11 is 8.96. The van der Waals surface area contributed by atoms with E-state index >= 15 is 0 Å². The molecular weight excluding hydrogens is 250 g/mol. The molecule has 80 valence electrons. The topological polar surface area (TPSA) is 51.8 Å². The highest BCUT2D eigenvalue weighted by Crippen LogP contribution is 2.33. The van der Waals surface area contributed by atoms with E-state index in [0.29, 0.717) is 0 Å². The highest BCUT2D eigenvalue weighted by atomic mass is 35.5. The van der Waals surface area contributed by atoms with Crippen molar-refractivity contribution in [2.45, 2.75) is 19.4 Å². The molecule has 1 unspecified atom stereocenters. The predicted octanol–water partition coefficient (Wildman–Crippen LogP) is 2.86. The molecule has 15 heavy (non-hydrogen) atoms. The van der Waals surface area contributed by atoms with Gasteiger partial charge in [0.05, 0.1) is 21.6 Å². The summed E-state index contributed by atoms with van der Waals surface area (Å²) in [5, 5.41) is 6.71. The van der Waals surface area contributed by atoms with Gasteiger partial charge in [0, 0.05) is 4.88 Å². The molecule has 2 N–H and O–H groups in total. The molecule has 0 spiro atoms. The molecule has 2 aromatic rings. The quantitative estimate of drug-likeness (QED) is 0.922. The molecule has 2 aromatic heterocycles. The minimum atomic E-state index is -0.188. The number of aryl methyl sites for hydroxylation is 1. The maximum Gasteiger partial charge on any atom is 0.0804 e. The lowest BCUT2D eigenvalue weighted by molar-refractivity contribution is 0.870. The fourth-order valence-electron chi connectivity index (χ4n) is 1.34. The first-order valence-corrected chi connectivity index (χ1v) is 6.56. The Morgan fingerprint density at radius 1 is 1.53 bits per heavy atom. The van der Waals surface area contributed by atoms with E-state index in [2.05, 4.69) is 9.59 Å². The van der Waals surface area contributed by atoms with Crippen molar-refractivity contribution < 1.29 is 0 Å². The third-order valence-corrected chi connectivity index (χ3v) is 4.42. The molecule has 1 atom stereocenters. The monoisotopic (exact) mass is 259 g/mol. The fraction of sp³-hybridized carbons (Fsp3) is 0.333. The number of hydrogen-bond donors (Lipinski definition) is 1. The number of hydrogen-bond acceptors (Lipinski definition) is 5. The Kier molecular flexibility index (Phi) is 3.35. The Balaban J connectivity index is 2.36. The predicted molar refractivity (Wildman–Crippen MR) is 64.6 cm³/mol. The summed E-state index contributed by atoms with van der Waals surface area (Å²) in [7, 11) is 0. The van der Waals surface area contributed by atoms with Crippen LogP contribution in [0.1, 0.15) is 28.4 Å². The molecular formula is C9H10ClN3S2. The van der Waals surface area contributed by atoms with Crippen LogP contribution in [0.15, 0.2) is 11.4 Å². The van der Waals surface area contributed by atoms with Crippen LogP contribution in [-0.4, -0.2) is 9.59 Å². The van der Waals surface area contributed by atoms with Crippen LogP contribution < -0.4 is 5.73 Å². The van der Waals surface area contributed by atoms with Crippen LogP contribution in [-0.2, 0) is 6.42 Å². The van der Waals surface area contributed by atoms with Crippen molar-refractivity contribution in [3.8, 4) is 0 Å². The zero-order valence-electron chi connectivity index (χ0n) is 8.11. The van der Waals surface area contributed by atoms with Crippen molar-refractivity contribution in [1.29, 1.82) is 0 Å². The van der Waals surface area contributed by atoms with Crippen molar-refractivity contribution in [3.05, 3.63) is 31.9 Å². The van der Waals surface area contributed by atoms with Crippen molar-refractivity contribution >= 4 is 34.5 Å². The van der Waals surface area contributed by atoms with Gasteiger partial charge in [0.15, 0.2) is 0 Å². The normalized spacial score (nSPS) is 13.0. The van der Waals surface area contributed by atoms with Crippen LogP contribution in [0.2, 0.25) is 5.02 Å². The summed E-state index contributed by atoms with van der Waals surface area (Å²) in [6.45, 7) is 2.04. The van der Waals surface area contributed by atoms with Gasteiger partial charge in [-0.3, -0.25) is 0 Å². The second-order valence-corrected chi connectivity index (χ2v) is 5.19. The summed E-state index contributed by atoms with van der Waals surface area (Å²) < 4.78 is 3.93. The zero-order chi connectivity index (χ0) is 10.8. The van der Waals surface area contributed by atoms with Gasteiger partial charge in [0.2, 0.25) is 0 Å². The average molecular weight is 260 g/mol. The largest absolute Gasteiger partial charge is 0.319 e. The number of rotatable bonds is 3. The summed E-state index contributed by atoms with van der Waals surface area (Å²) in [4.78, 5) is 2.00. The van der Waals surface area contributed by atoms with Crippen molar-refractivity contribution in [3.63, 3.8) is 0 Å². The van der Waals surface area contributed by atoms with Crippen molar-refractivity contribution in [2.75, 3.05) is 0 Å². The SMILES string of the molecule is CCc1nnsc1C(N)c1sccc1Cl. The number of nitrogens with zero attached hydrogens (tertiary/aromatic N) is 2. The third kappa shape index (κ3) is 2.06. The van der Waals surface area contributed by atoms with Gasteiger partial charge in [-0.1, -0.05) is 23.0 Å². The van der Waals surface area contributed by atoms with Crippen LogP contribution in [0.4, 0.5) is 0 Å². The van der Waals surface area contributed by atoms with E-state index in [0.717, 1.165) is 26.9 Å². The lowest BCUT2D eigenvalue weighted by atomic mass is 10.1. The molecule has 0 fully saturated rings. The maximum atomic E-state index is 6.14. The van der Waals surface area contributed by atoms with Gasteiger partial charge in [-0.15, -0.1) is 16.4 Å². The fourth-order valence-corrected chi connectivity index (χ4v) is 3.35. The molecule has 0 aliphatic carbocycles. The second kappa shape index (κ2) is 4.57. The maximum absolute atomic E-state index is 6.14. The molecule has 0 radical (unpaired) electrons. The van der Waals surface area contributed by atoms with Gasteiger partial charge in [-0.25, -0.2) is 0 Å². The smallest absolute Gasteiger partial charge is 0.0804 e. The molecule has 0 aromatic carbocycles. The van der Waals surface area contributed by atoms with E-state index in [1.165, 1.54) is 11.5 Å². The summed E-state index contributed by atoms with van der Waals surface area (Å²) in [5.74, 6) is 0. The molecule has 3 nitrogen and oxygen atoms in total. The lowest BCUT2D eigenvalue weighted by Gasteiger charge is -2.08. The van der Waals surface area contributed by atoms with Crippen molar-refractivity contribution in [2.24, 2.45) is 5.73 Å². The first-order chi connectivity index (χ1) is 7.24. The minimum absolute atomic E-state index is 0.188. The Bertz CT molecular complexity index is 452. The Labute approximate surface area is 101 Å². The van der Waals surface area contributed by atoms with Gasteiger partial charge >= 0.3 is 0 Å². The molecule has 2 heterocycles. The molecule has 2 rings (SSSR count). The number of halogens is 1. The van der Waals surface area contributed by atoms with Crippen molar-refractivity contribution in [1.82, 2.24) is 9.59 Å². The highest BCUT2D eigenvalue weighted by Gasteiger charge is 2.19. The van der Waals surface area contributed by atoms with Gasteiger partial charge in [-0.2, -0.15) is 0 Å². The number of nitrogens with two attached hydrogens (primary N) is 1. The van der Waals surface area contributed by atoms with E-state index in [-0.39, 0.29) is 6.04 Å². The third-order valence-electron chi connectivity index (χ3n) is 2.13. The number of thiophene rings is 1. The first kappa shape index (κ1) is 11.0. The van der Waals surface area contributed by atoms with E-state index < -0.39 is 0 Å². The van der Waals surface area contributed by atoms with Gasteiger partial charge in [-0.05, 0) is 29.4 Å². The molecule has 0 aliphatic rings. The summed E-state index contributed by atoms with van der Waals surface area (Å²) in [6, 6.07) is 1.68. The molecule has 0 saturated heterocycles. The van der Waals surface area contributed by atoms with Crippen LogP contribution >= 0.6 is 34.5 Å². The molecule has 0 bridgehead atoms. The van der Waals surface area contributed by atoms with Crippen LogP contribution in [0.5, 0.6) is 0 Å². The van der Waals surface area contributed by atoms with Crippen LogP contribution in [0.3, 0.4) is 0 Å². The average Bonchev–Trinajstić information content (AvgIpc) is 2.84. The number of aromatic nitrogens is 2.